The Morgan fingerprint density at radius 2 is 1.68 bits per heavy atom. The minimum Gasteiger partial charge on any atom is -0.395 e. The SMILES string of the molecule is CN(Cc1ccccc1)C(=O)CN(CCO)CCO. The van der Waals surface area contributed by atoms with Gasteiger partial charge in [-0.2, -0.15) is 0 Å². The zero-order chi connectivity index (χ0) is 14.1. The van der Waals surface area contributed by atoms with E-state index in [-0.39, 0.29) is 25.7 Å². The average molecular weight is 266 g/mol. The lowest BCUT2D eigenvalue weighted by Crippen LogP contribution is -2.40. The van der Waals surface area contributed by atoms with E-state index in [4.69, 9.17) is 10.2 Å². The van der Waals surface area contributed by atoms with Gasteiger partial charge in [-0.15, -0.1) is 0 Å². The van der Waals surface area contributed by atoms with E-state index in [2.05, 4.69) is 0 Å². The van der Waals surface area contributed by atoms with Crippen LogP contribution in [0.3, 0.4) is 0 Å². The van der Waals surface area contributed by atoms with Crippen molar-refractivity contribution in [3.63, 3.8) is 0 Å². The number of benzene rings is 1. The summed E-state index contributed by atoms with van der Waals surface area (Å²) in [6.45, 7) is 1.53. The third-order valence-corrected chi connectivity index (χ3v) is 2.88. The van der Waals surface area contributed by atoms with Crippen molar-refractivity contribution in [2.24, 2.45) is 0 Å². The molecular formula is C14H22N2O3. The van der Waals surface area contributed by atoms with Crippen molar-refractivity contribution >= 4 is 5.91 Å². The summed E-state index contributed by atoms with van der Waals surface area (Å²) >= 11 is 0. The normalized spacial score (nSPS) is 10.7. The zero-order valence-corrected chi connectivity index (χ0v) is 11.3. The molecular weight excluding hydrogens is 244 g/mol. The topological polar surface area (TPSA) is 64.0 Å². The summed E-state index contributed by atoms with van der Waals surface area (Å²) in [5.41, 5.74) is 1.08. The minimum absolute atomic E-state index is 0.0182. The Hall–Kier alpha value is -1.43. The highest BCUT2D eigenvalue weighted by Crippen LogP contribution is 2.03. The molecule has 5 nitrogen and oxygen atoms in total. The predicted molar refractivity (Wildman–Crippen MR) is 73.5 cm³/mol. The van der Waals surface area contributed by atoms with Gasteiger partial charge in [-0.25, -0.2) is 0 Å². The molecule has 0 aromatic heterocycles. The second-order valence-corrected chi connectivity index (χ2v) is 4.46. The van der Waals surface area contributed by atoms with Crippen LogP contribution in [0.5, 0.6) is 0 Å². The van der Waals surface area contributed by atoms with Gasteiger partial charge in [-0.1, -0.05) is 30.3 Å². The van der Waals surface area contributed by atoms with E-state index in [1.165, 1.54) is 0 Å². The van der Waals surface area contributed by atoms with E-state index in [1.807, 2.05) is 30.3 Å². The van der Waals surface area contributed by atoms with Crippen molar-refractivity contribution in [2.75, 3.05) is 39.9 Å². The number of nitrogens with zero attached hydrogens (tertiary/aromatic N) is 2. The summed E-state index contributed by atoms with van der Waals surface area (Å²) in [6, 6.07) is 9.77. The Balaban J connectivity index is 2.47. The lowest BCUT2D eigenvalue weighted by Gasteiger charge is -2.23. The van der Waals surface area contributed by atoms with Gasteiger partial charge in [0, 0.05) is 26.7 Å². The van der Waals surface area contributed by atoms with Crippen LogP contribution >= 0.6 is 0 Å². The molecule has 0 heterocycles. The number of carbonyl (C=O) groups excluding carboxylic acids is 1. The molecule has 106 valence electrons. The van der Waals surface area contributed by atoms with Crippen molar-refractivity contribution in [1.29, 1.82) is 0 Å². The molecule has 1 aromatic carbocycles. The third kappa shape index (κ3) is 5.83. The van der Waals surface area contributed by atoms with Gasteiger partial charge in [-0.3, -0.25) is 9.69 Å². The maximum atomic E-state index is 12.0. The Morgan fingerprint density at radius 1 is 1.11 bits per heavy atom. The van der Waals surface area contributed by atoms with Gasteiger partial charge in [0.2, 0.25) is 5.91 Å². The largest absolute Gasteiger partial charge is 0.395 e. The molecule has 19 heavy (non-hydrogen) atoms. The van der Waals surface area contributed by atoms with Crippen molar-refractivity contribution in [3.8, 4) is 0 Å². The van der Waals surface area contributed by atoms with Crippen LogP contribution < -0.4 is 0 Å². The van der Waals surface area contributed by atoms with E-state index < -0.39 is 0 Å². The fourth-order valence-electron chi connectivity index (χ4n) is 1.81. The highest BCUT2D eigenvalue weighted by atomic mass is 16.3. The Labute approximate surface area is 114 Å². The van der Waals surface area contributed by atoms with Crippen LogP contribution in [0.25, 0.3) is 0 Å². The van der Waals surface area contributed by atoms with Crippen LogP contribution in [0.2, 0.25) is 0 Å². The second-order valence-electron chi connectivity index (χ2n) is 4.46. The van der Waals surface area contributed by atoms with Gasteiger partial charge in [0.05, 0.1) is 19.8 Å². The number of aliphatic hydroxyl groups excluding tert-OH is 2. The van der Waals surface area contributed by atoms with Crippen LogP contribution in [-0.2, 0) is 11.3 Å². The number of rotatable bonds is 8. The fraction of sp³-hybridized carbons (Fsp3) is 0.500. The Kier molecular flexibility index (Phi) is 7.10. The van der Waals surface area contributed by atoms with Crippen molar-refractivity contribution in [2.45, 2.75) is 6.54 Å². The van der Waals surface area contributed by atoms with Gasteiger partial charge in [-0.05, 0) is 5.56 Å². The summed E-state index contributed by atoms with van der Waals surface area (Å²) in [5, 5.41) is 17.8. The second kappa shape index (κ2) is 8.63. The quantitative estimate of drug-likeness (QED) is 0.691. The summed E-state index contributed by atoms with van der Waals surface area (Å²) in [7, 11) is 1.76. The molecule has 0 aliphatic carbocycles. The first kappa shape index (κ1) is 15.6. The summed E-state index contributed by atoms with van der Waals surface area (Å²) in [4.78, 5) is 15.4. The van der Waals surface area contributed by atoms with Crippen LogP contribution in [-0.4, -0.2) is 65.8 Å². The number of hydrogen-bond donors (Lipinski definition) is 2. The first-order chi connectivity index (χ1) is 9.17. The lowest BCUT2D eigenvalue weighted by molar-refractivity contribution is -0.131. The van der Waals surface area contributed by atoms with Crippen molar-refractivity contribution in [1.82, 2.24) is 9.80 Å². The van der Waals surface area contributed by atoms with Crippen LogP contribution in [0.1, 0.15) is 5.56 Å². The lowest BCUT2D eigenvalue weighted by atomic mass is 10.2. The third-order valence-electron chi connectivity index (χ3n) is 2.88. The number of hydrogen-bond acceptors (Lipinski definition) is 4. The van der Waals surface area contributed by atoms with Gasteiger partial charge in [0.15, 0.2) is 0 Å². The molecule has 0 unspecified atom stereocenters. The molecule has 5 heteroatoms. The predicted octanol–water partition coefficient (Wildman–Crippen LogP) is -0.0684. The molecule has 0 aliphatic heterocycles. The molecule has 1 rings (SSSR count). The van der Waals surface area contributed by atoms with Gasteiger partial charge in [0.25, 0.3) is 0 Å². The van der Waals surface area contributed by atoms with Crippen LogP contribution in [0.4, 0.5) is 0 Å². The average Bonchev–Trinajstić information content (AvgIpc) is 2.40. The number of carbonyl (C=O) groups is 1. The van der Waals surface area contributed by atoms with E-state index >= 15 is 0 Å². The number of likely N-dealkylation sites (N-methyl/N-ethyl adjacent to an activating group) is 1. The molecule has 0 fully saturated rings. The van der Waals surface area contributed by atoms with Crippen LogP contribution in [0.15, 0.2) is 30.3 Å². The van der Waals surface area contributed by atoms with Gasteiger partial charge in [0.1, 0.15) is 0 Å². The number of amides is 1. The first-order valence-corrected chi connectivity index (χ1v) is 6.39. The van der Waals surface area contributed by atoms with Gasteiger partial charge < -0.3 is 15.1 Å². The molecule has 0 atom stereocenters. The maximum absolute atomic E-state index is 12.0. The molecule has 0 aliphatic rings. The van der Waals surface area contributed by atoms with E-state index in [0.717, 1.165) is 5.56 Å². The first-order valence-electron chi connectivity index (χ1n) is 6.39. The summed E-state index contributed by atoms with van der Waals surface area (Å²) < 4.78 is 0. The summed E-state index contributed by atoms with van der Waals surface area (Å²) in [5.74, 6) is -0.0225. The molecule has 1 aromatic rings. The fourth-order valence-corrected chi connectivity index (χ4v) is 1.81. The smallest absolute Gasteiger partial charge is 0.236 e. The monoisotopic (exact) mass is 266 g/mol. The molecule has 0 saturated carbocycles. The van der Waals surface area contributed by atoms with E-state index in [1.54, 1.807) is 16.8 Å². The molecule has 1 amide bonds. The molecule has 2 N–H and O–H groups in total. The number of aliphatic hydroxyl groups is 2. The maximum Gasteiger partial charge on any atom is 0.236 e. The highest BCUT2D eigenvalue weighted by Gasteiger charge is 2.14. The Morgan fingerprint density at radius 3 is 2.21 bits per heavy atom. The van der Waals surface area contributed by atoms with Crippen LogP contribution in [0, 0.1) is 0 Å². The van der Waals surface area contributed by atoms with Gasteiger partial charge >= 0.3 is 0 Å². The van der Waals surface area contributed by atoms with E-state index in [9.17, 15) is 4.79 Å². The van der Waals surface area contributed by atoms with Crippen molar-refractivity contribution in [3.05, 3.63) is 35.9 Å². The molecule has 0 saturated heterocycles. The molecule has 0 spiro atoms. The molecule has 0 bridgehead atoms. The van der Waals surface area contributed by atoms with E-state index in [0.29, 0.717) is 19.6 Å². The summed E-state index contributed by atoms with van der Waals surface area (Å²) in [6.07, 6.45) is 0. The zero-order valence-electron chi connectivity index (χ0n) is 11.3. The Bertz CT molecular complexity index is 364. The molecule has 0 radical (unpaired) electrons. The highest BCUT2D eigenvalue weighted by molar-refractivity contribution is 5.78. The standard InChI is InChI=1S/C14H22N2O3/c1-15(11-13-5-3-2-4-6-13)14(19)12-16(7-9-17)8-10-18/h2-6,17-18H,7-12H2,1H3. The minimum atomic E-state index is -0.0225. The van der Waals surface area contributed by atoms with Crippen molar-refractivity contribution < 1.29 is 15.0 Å².